The summed E-state index contributed by atoms with van der Waals surface area (Å²) in [5.74, 6) is 0.498. The molecule has 0 spiro atoms. The van der Waals surface area contributed by atoms with Crippen molar-refractivity contribution >= 4 is 34.0 Å². The molecule has 1 N–H and O–H groups in total. The molecule has 0 aliphatic heterocycles. The van der Waals surface area contributed by atoms with Gasteiger partial charge in [0.15, 0.2) is 6.10 Å². The molecule has 0 aliphatic carbocycles. The molecule has 0 fully saturated rings. The van der Waals surface area contributed by atoms with Crippen molar-refractivity contribution in [2.75, 3.05) is 5.32 Å². The van der Waals surface area contributed by atoms with Crippen LogP contribution >= 0.6 is 11.6 Å². The molecule has 3 rings (SSSR count). The Bertz CT molecular complexity index is 907. The highest BCUT2D eigenvalue weighted by Gasteiger charge is 2.19. The molecule has 0 bridgehead atoms. The fraction of sp³-hybridized carbons (Fsp3) is 0.190. The predicted molar refractivity (Wildman–Crippen MR) is 103 cm³/mol. The van der Waals surface area contributed by atoms with Gasteiger partial charge in [0, 0.05) is 10.7 Å². The first-order chi connectivity index (χ1) is 12.1. The first-order valence-corrected chi connectivity index (χ1v) is 8.67. The van der Waals surface area contributed by atoms with Gasteiger partial charge in [0.2, 0.25) is 0 Å². The molecule has 3 aromatic carbocycles. The maximum Gasteiger partial charge on any atom is 0.265 e. The van der Waals surface area contributed by atoms with Crippen LogP contribution in [0.2, 0.25) is 5.02 Å². The first-order valence-electron chi connectivity index (χ1n) is 8.29. The number of benzene rings is 3. The summed E-state index contributed by atoms with van der Waals surface area (Å²) < 4.78 is 5.91. The molecule has 3 aromatic rings. The minimum Gasteiger partial charge on any atom is -0.481 e. The molecule has 25 heavy (non-hydrogen) atoms. The maximum absolute atomic E-state index is 12.5. The van der Waals surface area contributed by atoms with Crippen LogP contribution in [0.25, 0.3) is 10.8 Å². The molecule has 0 radical (unpaired) electrons. The number of aryl methyl sites for hydroxylation is 1. The van der Waals surface area contributed by atoms with E-state index in [0.717, 1.165) is 16.3 Å². The van der Waals surface area contributed by atoms with Crippen molar-refractivity contribution in [1.29, 1.82) is 0 Å². The van der Waals surface area contributed by atoms with Crippen LogP contribution in [-0.4, -0.2) is 12.0 Å². The standard InChI is InChI=1S/C21H20ClNO2/c1-3-20(21(24)23-17-10-8-14(2)19(22)13-17)25-18-11-9-15-6-4-5-7-16(15)12-18/h4-13,20H,3H2,1-2H3,(H,23,24). The molecule has 0 saturated heterocycles. The van der Waals surface area contributed by atoms with E-state index in [-0.39, 0.29) is 5.91 Å². The molecule has 1 atom stereocenters. The number of anilines is 1. The molecular formula is C21H20ClNO2. The van der Waals surface area contributed by atoms with Crippen LogP contribution in [0.5, 0.6) is 5.75 Å². The topological polar surface area (TPSA) is 38.3 Å². The van der Waals surface area contributed by atoms with E-state index in [1.54, 1.807) is 6.07 Å². The van der Waals surface area contributed by atoms with Gasteiger partial charge >= 0.3 is 0 Å². The molecule has 0 aromatic heterocycles. The molecule has 1 amide bonds. The quantitative estimate of drug-likeness (QED) is 0.648. The average molecular weight is 354 g/mol. The lowest BCUT2D eigenvalue weighted by Gasteiger charge is -2.18. The number of amides is 1. The Labute approximate surface area is 152 Å². The Balaban J connectivity index is 1.73. The van der Waals surface area contributed by atoms with Crippen molar-refractivity contribution < 1.29 is 9.53 Å². The summed E-state index contributed by atoms with van der Waals surface area (Å²) in [6, 6.07) is 19.4. The van der Waals surface area contributed by atoms with Crippen LogP contribution in [0.3, 0.4) is 0 Å². The SMILES string of the molecule is CCC(Oc1ccc2ccccc2c1)C(=O)Nc1ccc(C)c(Cl)c1. The van der Waals surface area contributed by atoms with E-state index >= 15 is 0 Å². The van der Waals surface area contributed by atoms with Crippen LogP contribution in [0.4, 0.5) is 5.69 Å². The van der Waals surface area contributed by atoms with E-state index in [1.165, 1.54) is 0 Å². The third-order valence-corrected chi connectivity index (χ3v) is 4.51. The second-order valence-corrected chi connectivity index (χ2v) is 6.38. The van der Waals surface area contributed by atoms with Gasteiger partial charge in [0.05, 0.1) is 0 Å². The van der Waals surface area contributed by atoms with E-state index in [2.05, 4.69) is 5.32 Å². The van der Waals surface area contributed by atoms with Gasteiger partial charge in [-0.2, -0.15) is 0 Å². The molecule has 1 unspecified atom stereocenters. The number of ether oxygens (including phenoxy) is 1. The van der Waals surface area contributed by atoms with Gasteiger partial charge in [-0.25, -0.2) is 0 Å². The zero-order valence-corrected chi connectivity index (χ0v) is 15.0. The predicted octanol–water partition coefficient (Wildman–Crippen LogP) is 5.60. The third kappa shape index (κ3) is 4.12. The zero-order valence-electron chi connectivity index (χ0n) is 14.3. The van der Waals surface area contributed by atoms with Gasteiger partial charge in [-0.3, -0.25) is 4.79 Å². The van der Waals surface area contributed by atoms with Crippen LogP contribution in [0, 0.1) is 6.92 Å². The highest BCUT2D eigenvalue weighted by molar-refractivity contribution is 6.31. The highest BCUT2D eigenvalue weighted by Crippen LogP contribution is 2.23. The second-order valence-electron chi connectivity index (χ2n) is 5.98. The van der Waals surface area contributed by atoms with Crippen LogP contribution in [-0.2, 0) is 4.79 Å². The monoisotopic (exact) mass is 353 g/mol. The summed E-state index contributed by atoms with van der Waals surface area (Å²) in [5, 5.41) is 5.72. The summed E-state index contributed by atoms with van der Waals surface area (Å²) in [4.78, 5) is 12.5. The summed E-state index contributed by atoms with van der Waals surface area (Å²) in [7, 11) is 0. The largest absolute Gasteiger partial charge is 0.481 e. The van der Waals surface area contributed by atoms with Crippen LogP contribution in [0.15, 0.2) is 60.7 Å². The smallest absolute Gasteiger partial charge is 0.265 e. The molecule has 4 heteroatoms. The van der Waals surface area contributed by atoms with Crippen molar-refractivity contribution in [3.63, 3.8) is 0 Å². The van der Waals surface area contributed by atoms with Gasteiger partial charge in [-0.1, -0.05) is 54.9 Å². The summed E-state index contributed by atoms with van der Waals surface area (Å²) >= 11 is 6.11. The van der Waals surface area contributed by atoms with Crippen molar-refractivity contribution in [1.82, 2.24) is 0 Å². The number of carbonyl (C=O) groups is 1. The maximum atomic E-state index is 12.5. The van der Waals surface area contributed by atoms with Crippen LogP contribution < -0.4 is 10.1 Å². The zero-order chi connectivity index (χ0) is 17.8. The Morgan fingerprint density at radius 3 is 2.56 bits per heavy atom. The average Bonchev–Trinajstić information content (AvgIpc) is 2.62. The number of hydrogen-bond donors (Lipinski definition) is 1. The number of carbonyl (C=O) groups excluding carboxylic acids is 1. The van der Waals surface area contributed by atoms with E-state index in [1.807, 2.05) is 68.4 Å². The van der Waals surface area contributed by atoms with Gasteiger partial charge in [0.25, 0.3) is 5.91 Å². The molecule has 0 aliphatic rings. The summed E-state index contributed by atoms with van der Waals surface area (Å²) in [6.45, 7) is 3.85. The number of rotatable bonds is 5. The van der Waals surface area contributed by atoms with E-state index in [4.69, 9.17) is 16.3 Å². The van der Waals surface area contributed by atoms with Crippen molar-refractivity contribution in [3.8, 4) is 5.75 Å². The van der Waals surface area contributed by atoms with E-state index < -0.39 is 6.10 Å². The van der Waals surface area contributed by atoms with Gasteiger partial charge in [-0.15, -0.1) is 0 Å². The van der Waals surface area contributed by atoms with Crippen molar-refractivity contribution in [2.45, 2.75) is 26.4 Å². The Hall–Kier alpha value is -2.52. The Kier molecular flexibility index (Phi) is 5.25. The highest BCUT2D eigenvalue weighted by atomic mass is 35.5. The lowest BCUT2D eigenvalue weighted by Crippen LogP contribution is -2.32. The number of halogens is 1. The normalized spacial score (nSPS) is 12.0. The van der Waals surface area contributed by atoms with Gasteiger partial charge < -0.3 is 10.1 Å². The molecular weight excluding hydrogens is 334 g/mol. The summed E-state index contributed by atoms with van der Waals surface area (Å²) in [5.41, 5.74) is 1.64. The summed E-state index contributed by atoms with van der Waals surface area (Å²) in [6.07, 6.45) is -0.000584. The molecule has 0 saturated carbocycles. The fourth-order valence-electron chi connectivity index (χ4n) is 2.62. The van der Waals surface area contributed by atoms with Gasteiger partial charge in [-0.05, 0) is 53.9 Å². The lowest BCUT2D eigenvalue weighted by atomic mass is 10.1. The third-order valence-electron chi connectivity index (χ3n) is 4.10. The van der Waals surface area contributed by atoms with E-state index in [0.29, 0.717) is 22.9 Å². The number of nitrogens with one attached hydrogen (secondary N) is 1. The lowest BCUT2D eigenvalue weighted by molar-refractivity contribution is -0.122. The molecule has 3 nitrogen and oxygen atoms in total. The molecule has 0 heterocycles. The Morgan fingerprint density at radius 2 is 1.84 bits per heavy atom. The second kappa shape index (κ2) is 7.58. The number of fused-ring (bicyclic) bond motifs is 1. The minimum atomic E-state index is -0.568. The fourth-order valence-corrected chi connectivity index (χ4v) is 2.80. The van der Waals surface area contributed by atoms with Crippen molar-refractivity contribution in [3.05, 3.63) is 71.2 Å². The molecule has 128 valence electrons. The first kappa shape index (κ1) is 17.3. The number of hydrogen-bond acceptors (Lipinski definition) is 2. The van der Waals surface area contributed by atoms with Gasteiger partial charge in [0.1, 0.15) is 5.75 Å². The van der Waals surface area contributed by atoms with Crippen LogP contribution in [0.1, 0.15) is 18.9 Å². The Morgan fingerprint density at radius 1 is 1.08 bits per heavy atom. The van der Waals surface area contributed by atoms with Crippen molar-refractivity contribution in [2.24, 2.45) is 0 Å². The van der Waals surface area contributed by atoms with E-state index in [9.17, 15) is 4.79 Å². The minimum absolute atomic E-state index is 0.185.